The number of hydrogen-bond donors (Lipinski definition) is 0. The fourth-order valence-corrected chi connectivity index (χ4v) is 0.680. The van der Waals surface area contributed by atoms with Crippen LogP contribution in [0.2, 0.25) is 0 Å². The van der Waals surface area contributed by atoms with Gasteiger partial charge in [-0.3, -0.25) is 0 Å². The summed E-state index contributed by atoms with van der Waals surface area (Å²) in [4.78, 5) is 10.4. The summed E-state index contributed by atoms with van der Waals surface area (Å²) in [6, 6.07) is 0. The average molecular weight is 138 g/mol. The minimum absolute atomic E-state index is 0.349. The Morgan fingerprint density at radius 3 is 2.30 bits per heavy atom. The van der Waals surface area contributed by atoms with Gasteiger partial charge in [-0.15, -0.1) is 0 Å². The maximum Gasteiger partial charge on any atom is 0.129 e. The van der Waals surface area contributed by atoms with Crippen molar-refractivity contribution in [2.75, 3.05) is 0 Å². The molecule has 0 atom stereocenters. The molecule has 0 aliphatic carbocycles. The molecule has 0 aromatic rings. The summed E-state index contributed by atoms with van der Waals surface area (Å²) in [6.45, 7) is 9.26. The van der Waals surface area contributed by atoms with Gasteiger partial charge < -0.3 is 4.79 Å². The van der Waals surface area contributed by atoms with Crippen LogP contribution in [-0.4, -0.2) is 6.29 Å². The summed E-state index contributed by atoms with van der Waals surface area (Å²) in [5, 5.41) is 0. The van der Waals surface area contributed by atoms with E-state index < -0.39 is 0 Å². The molecule has 0 aromatic carbocycles. The molecule has 0 saturated heterocycles. The molecule has 0 bridgehead atoms. The van der Waals surface area contributed by atoms with Crippen molar-refractivity contribution in [1.29, 1.82) is 0 Å². The van der Waals surface area contributed by atoms with E-state index >= 15 is 0 Å². The number of hydrogen-bond acceptors (Lipinski definition) is 1. The SMILES string of the molecule is C=C/C(C)=C\C(C)(C)C=O. The topological polar surface area (TPSA) is 17.1 Å². The van der Waals surface area contributed by atoms with Crippen LogP contribution in [0.1, 0.15) is 20.8 Å². The van der Waals surface area contributed by atoms with Crippen molar-refractivity contribution in [3.8, 4) is 0 Å². The third-order valence-corrected chi connectivity index (χ3v) is 1.23. The van der Waals surface area contributed by atoms with Gasteiger partial charge in [0, 0.05) is 5.41 Å². The lowest BCUT2D eigenvalue weighted by Crippen LogP contribution is -2.08. The van der Waals surface area contributed by atoms with Crippen molar-refractivity contribution in [3.05, 3.63) is 24.3 Å². The first-order valence-corrected chi connectivity index (χ1v) is 3.30. The Balaban J connectivity index is 4.37. The van der Waals surface area contributed by atoms with Gasteiger partial charge in [0.25, 0.3) is 0 Å². The zero-order chi connectivity index (χ0) is 8.20. The highest BCUT2D eigenvalue weighted by atomic mass is 16.1. The third-order valence-electron chi connectivity index (χ3n) is 1.23. The highest BCUT2D eigenvalue weighted by molar-refractivity contribution is 5.61. The molecule has 0 spiro atoms. The van der Waals surface area contributed by atoms with E-state index in [2.05, 4.69) is 6.58 Å². The van der Waals surface area contributed by atoms with Crippen molar-refractivity contribution in [3.63, 3.8) is 0 Å². The van der Waals surface area contributed by atoms with Crippen LogP contribution in [-0.2, 0) is 4.79 Å². The minimum Gasteiger partial charge on any atom is -0.302 e. The molecule has 0 saturated carbocycles. The smallest absolute Gasteiger partial charge is 0.129 e. The van der Waals surface area contributed by atoms with E-state index in [1.54, 1.807) is 6.08 Å². The van der Waals surface area contributed by atoms with Gasteiger partial charge in [0.05, 0.1) is 0 Å². The average Bonchev–Trinajstić information content (AvgIpc) is 1.87. The van der Waals surface area contributed by atoms with E-state index in [4.69, 9.17) is 0 Å². The molecule has 0 unspecified atom stereocenters. The van der Waals surface area contributed by atoms with E-state index in [1.807, 2.05) is 26.8 Å². The van der Waals surface area contributed by atoms with E-state index in [1.165, 1.54) is 0 Å². The first kappa shape index (κ1) is 9.15. The standard InChI is InChI=1S/C9H14O/c1-5-8(2)6-9(3,4)7-10/h5-7H,1H2,2-4H3/b8-6-. The highest BCUT2D eigenvalue weighted by Crippen LogP contribution is 2.15. The molecule has 0 aromatic heterocycles. The van der Waals surface area contributed by atoms with Gasteiger partial charge in [-0.25, -0.2) is 0 Å². The van der Waals surface area contributed by atoms with E-state index in [0.29, 0.717) is 0 Å². The Bertz CT molecular complexity index is 164. The lowest BCUT2D eigenvalue weighted by atomic mass is 9.93. The van der Waals surface area contributed by atoms with Crippen molar-refractivity contribution >= 4 is 6.29 Å². The van der Waals surface area contributed by atoms with Gasteiger partial charge in [-0.05, 0) is 20.8 Å². The molecule has 0 radical (unpaired) electrons. The van der Waals surface area contributed by atoms with Gasteiger partial charge in [0.2, 0.25) is 0 Å². The Morgan fingerprint density at radius 1 is 1.50 bits per heavy atom. The van der Waals surface area contributed by atoms with Crippen LogP contribution < -0.4 is 0 Å². The van der Waals surface area contributed by atoms with Crippen LogP contribution in [0, 0.1) is 5.41 Å². The van der Waals surface area contributed by atoms with Crippen molar-refractivity contribution in [1.82, 2.24) is 0 Å². The van der Waals surface area contributed by atoms with Gasteiger partial charge in [0.15, 0.2) is 0 Å². The van der Waals surface area contributed by atoms with Crippen LogP contribution in [0.3, 0.4) is 0 Å². The molecule has 0 aliphatic heterocycles. The quantitative estimate of drug-likeness (QED) is 0.432. The summed E-state index contributed by atoms with van der Waals surface area (Å²) >= 11 is 0. The van der Waals surface area contributed by atoms with Crippen LogP contribution in [0.4, 0.5) is 0 Å². The van der Waals surface area contributed by atoms with Gasteiger partial charge in [-0.1, -0.05) is 24.3 Å². The van der Waals surface area contributed by atoms with Crippen LogP contribution in [0.25, 0.3) is 0 Å². The van der Waals surface area contributed by atoms with Gasteiger partial charge in [-0.2, -0.15) is 0 Å². The molecule has 0 N–H and O–H groups in total. The van der Waals surface area contributed by atoms with E-state index in [9.17, 15) is 4.79 Å². The van der Waals surface area contributed by atoms with Crippen molar-refractivity contribution in [2.24, 2.45) is 5.41 Å². The van der Waals surface area contributed by atoms with Crippen molar-refractivity contribution in [2.45, 2.75) is 20.8 Å². The molecule has 0 heterocycles. The summed E-state index contributed by atoms with van der Waals surface area (Å²) in [5.41, 5.74) is 0.690. The highest BCUT2D eigenvalue weighted by Gasteiger charge is 2.11. The normalized spacial score (nSPS) is 12.9. The molecule has 10 heavy (non-hydrogen) atoms. The zero-order valence-electron chi connectivity index (χ0n) is 6.85. The Morgan fingerprint density at radius 2 is 2.00 bits per heavy atom. The molecule has 0 rings (SSSR count). The van der Waals surface area contributed by atoms with Crippen LogP contribution in [0.5, 0.6) is 0 Å². The number of allylic oxidation sites excluding steroid dienone is 3. The number of rotatable bonds is 3. The molecule has 1 heteroatoms. The molecule has 1 nitrogen and oxygen atoms in total. The zero-order valence-corrected chi connectivity index (χ0v) is 6.85. The first-order chi connectivity index (χ1) is 4.52. The molecule has 0 fully saturated rings. The third kappa shape index (κ3) is 3.23. The number of aldehydes is 1. The molecule has 0 aliphatic rings. The Hall–Kier alpha value is -0.850. The van der Waals surface area contributed by atoms with Crippen molar-refractivity contribution < 1.29 is 4.79 Å². The summed E-state index contributed by atoms with van der Waals surface area (Å²) in [7, 11) is 0. The number of carbonyl (C=O) groups is 1. The second-order valence-corrected chi connectivity index (χ2v) is 3.03. The lowest BCUT2D eigenvalue weighted by molar-refractivity contribution is -0.112. The molecular weight excluding hydrogens is 124 g/mol. The molecular formula is C9H14O. The fraction of sp³-hybridized carbons (Fsp3) is 0.444. The summed E-state index contributed by atoms with van der Waals surface area (Å²) in [6.07, 6.45) is 4.57. The number of carbonyl (C=O) groups excluding carboxylic acids is 1. The van der Waals surface area contributed by atoms with E-state index in [-0.39, 0.29) is 5.41 Å². The lowest BCUT2D eigenvalue weighted by Gasteiger charge is -2.10. The predicted octanol–water partition coefficient (Wildman–Crippen LogP) is 2.34. The fourth-order valence-electron chi connectivity index (χ4n) is 0.680. The second kappa shape index (κ2) is 3.35. The maximum atomic E-state index is 10.4. The Kier molecular flexibility index (Phi) is 3.07. The minimum atomic E-state index is -0.349. The first-order valence-electron chi connectivity index (χ1n) is 3.30. The van der Waals surface area contributed by atoms with Crippen LogP contribution >= 0.6 is 0 Å². The largest absolute Gasteiger partial charge is 0.302 e. The van der Waals surface area contributed by atoms with Gasteiger partial charge >= 0.3 is 0 Å². The van der Waals surface area contributed by atoms with Gasteiger partial charge in [0.1, 0.15) is 6.29 Å². The summed E-state index contributed by atoms with van der Waals surface area (Å²) in [5.74, 6) is 0. The van der Waals surface area contributed by atoms with Crippen LogP contribution in [0.15, 0.2) is 24.3 Å². The second-order valence-electron chi connectivity index (χ2n) is 3.03. The maximum absolute atomic E-state index is 10.4. The van der Waals surface area contributed by atoms with E-state index in [0.717, 1.165) is 11.9 Å². The Labute approximate surface area is 62.4 Å². The summed E-state index contributed by atoms with van der Waals surface area (Å²) < 4.78 is 0. The predicted molar refractivity (Wildman–Crippen MR) is 43.8 cm³/mol. The molecule has 56 valence electrons. The molecule has 0 amide bonds. The monoisotopic (exact) mass is 138 g/mol.